The van der Waals surface area contributed by atoms with Crippen molar-refractivity contribution in [2.45, 2.75) is 46.1 Å². The zero-order chi connectivity index (χ0) is 18.6. The smallest absolute Gasteiger partial charge is 0.272 e. The summed E-state index contributed by atoms with van der Waals surface area (Å²) in [4.78, 5) is 25.1. The fraction of sp³-hybridized carbons (Fsp3) is 0.706. The molecule has 1 aliphatic rings. The fourth-order valence-corrected chi connectivity index (χ4v) is 4.80. The van der Waals surface area contributed by atoms with Crippen LogP contribution in [0.15, 0.2) is 6.07 Å². The molecule has 0 radical (unpaired) electrons. The minimum Gasteiger partial charge on any atom is -0.340 e. The van der Waals surface area contributed by atoms with Crippen molar-refractivity contribution >= 4 is 21.7 Å². The summed E-state index contributed by atoms with van der Waals surface area (Å²) in [5.41, 5.74) is 1.07. The van der Waals surface area contributed by atoms with Gasteiger partial charge in [0.25, 0.3) is 5.91 Å². The number of nitrogens with zero attached hydrogens (tertiary/aromatic N) is 4. The summed E-state index contributed by atoms with van der Waals surface area (Å²) >= 11 is 0. The van der Waals surface area contributed by atoms with E-state index in [0.29, 0.717) is 36.8 Å². The second-order valence-electron chi connectivity index (χ2n) is 6.62. The van der Waals surface area contributed by atoms with Crippen molar-refractivity contribution in [3.63, 3.8) is 0 Å². The van der Waals surface area contributed by atoms with Crippen molar-refractivity contribution in [2.24, 2.45) is 0 Å². The Labute approximate surface area is 150 Å². The van der Waals surface area contributed by atoms with Crippen molar-refractivity contribution in [1.29, 1.82) is 0 Å². The van der Waals surface area contributed by atoms with Crippen LogP contribution in [0.1, 0.15) is 49.3 Å². The summed E-state index contributed by atoms with van der Waals surface area (Å²) in [6.45, 7) is 7.15. The number of rotatable bonds is 7. The second-order valence-corrected chi connectivity index (χ2v) is 8.85. The molecule has 1 fully saturated rings. The molecule has 1 aromatic rings. The van der Waals surface area contributed by atoms with E-state index in [2.05, 4.69) is 16.9 Å². The van der Waals surface area contributed by atoms with E-state index in [1.165, 1.54) is 0 Å². The molecule has 1 amide bonds. The van der Waals surface area contributed by atoms with Crippen LogP contribution in [-0.2, 0) is 9.84 Å². The molecular formula is C17H28N4O3S. The van der Waals surface area contributed by atoms with Gasteiger partial charge in [0.1, 0.15) is 5.69 Å². The van der Waals surface area contributed by atoms with Crippen LogP contribution in [0, 0.1) is 6.92 Å². The summed E-state index contributed by atoms with van der Waals surface area (Å²) < 4.78 is 23.6. The van der Waals surface area contributed by atoms with Gasteiger partial charge in [-0.05, 0) is 32.8 Å². The molecule has 25 heavy (non-hydrogen) atoms. The van der Waals surface area contributed by atoms with Crippen molar-refractivity contribution < 1.29 is 13.2 Å². The zero-order valence-electron chi connectivity index (χ0n) is 15.5. The van der Waals surface area contributed by atoms with Gasteiger partial charge in [-0.3, -0.25) is 4.79 Å². The van der Waals surface area contributed by atoms with Crippen molar-refractivity contribution in [3.8, 4) is 0 Å². The van der Waals surface area contributed by atoms with Gasteiger partial charge in [-0.1, -0.05) is 13.3 Å². The fourth-order valence-electron chi connectivity index (χ4n) is 3.07. The molecule has 0 aromatic carbocycles. The predicted molar refractivity (Wildman–Crippen MR) is 98.7 cm³/mol. The number of aryl methyl sites for hydroxylation is 1. The lowest BCUT2D eigenvalue weighted by molar-refractivity contribution is 0.0787. The molecule has 0 N–H and O–H groups in total. The van der Waals surface area contributed by atoms with E-state index in [-0.39, 0.29) is 23.5 Å². The van der Waals surface area contributed by atoms with E-state index in [0.717, 1.165) is 12.8 Å². The van der Waals surface area contributed by atoms with Crippen LogP contribution in [0.5, 0.6) is 0 Å². The van der Waals surface area contributed by atoms with Crippen molar-refractivity contribution in [1.82, 2.24) is 14.9 Å². The molecule has 1 saturated heterocycles. The van der Waals surface area contributed by atoms with Gasteiger partial charge in [0.05, 0.1) is 11.5 Å². The van der Waals surface area contributed by atoms with E-state index in [1.54, 1.807) is 18.0 Å². The van der Waals surface area contributed by atoms with E-state index in [4.69, 9.17) is 0 Å². The van der Waals surface area contributed by atoms with Crippen LogP contribution in [0.25, 0.3) is 0 Å². The molecule has 1 atom stereocenters. The number of amides is 1. The van der Waals surface area contributed by atoms with Gasteiger partial charge in [0, 0.05) is 31.9 Å². The standard InChI is InChI=1S/C17H28N4O3S/c1-5-7-9-20(4)16(22)15-11-13(3)18-17(19-15)21(6-2)14-8-10-25(23,24)12-14/h11,14H,5-10,12H2,1-4H3. The van der Waals surface area contributed by atoms with E-state index in [9.17, 15) is 13.2 Å². The van der Waals surface area contributed by atoms with Crippen LogP contribution in [0.3, 0.4) is 0 Å². The highest BCUT2D eigenvalue weighted by atomic mass is 32.2. The average molecular weight is 369 g/mol. The predicted octanol–water partition coefficient (Wildman–Crippen LogP) is 1.67. The first-order valence-corrected chi connectivity index (χ1v) is 10.7. The molecular weight excluding hydrogens is 340 g/mol. The second kappa shape index (κ2) is 8.12. The first-order chi connectivity index (χ1) is 11.8. The highest BCUT2D eigenvalue weighted by molar-refractivity contribution is 7.91. The third kappa shape index (κ3) is 4.90. The Morgan fingerprint density at radius 3 is 2.60 bits per heavy atom. The first-order valence-electron chi connectivity index (χ1n) is 8.85. The van der Waals surface area contributed by atoms with Crippen molar-refractivity contribution in [3.05, 3.63) is 17.5 Å². The number of hydrogen-bond donors (Lipinski definition) is 0. The number of carbonyl (C=O) groups is 1. The minimum absolute atomic E-state index is 0.123. The molecule has 8 heteroatoms. The Balaban J connectivity index is 2.26. The molecule has 2 rings (SSSR count). The summed E-state index contributed by atoms with van der Waals surface area (Å²) in [6.07, 6.45) is 2.54. The number of hydrogen-bond acceptors (Lipinski definition) is 6. The highest BCUT2D eigenvalue weighted by Crippen LogP contribution is 2.22. The number of sulfone groups is 1. The van der Waals surface area contributed by atoms with Crippen LogP contribution < -0.4 is 4.90 Å². The molecule has 2 heterocycles. The van der Waals surface area contributed by atoms with Gasteiger partial charge in [-0.2, -0.15) is 0 Å². The van der Waals surface area contributed by atoms with Gasteiger partial charge in [-0.25, -0.2) is 18.4 Å². The maximum atomic E-state index is 12.6. The van der Waals surface area contributed by atoms with Crippen LogP contribution >= 0.6 is 0 Å². The number of unbranched alkanes of at least 4 members (excludes halogenated alkanes) is 1. The van der Waals surface area contributed by atoms with Crippen LogP contribution in [-0.4, -0.2) is 66.9 Å². The summed E-state index contributed by atoms with van der Waals surface area (Å²) in [6, 6.07) is 1.56. The van der Waals surface area contributed by atoms with E-state index in [1.807, 2.05) is 18.7 Å². The topological polar surface area (TPSA) is 83.5 Å². The van der Waals surface area contributed by atoms with Crippen molar-refractivity contribution in [2.75, 3.05) is 36.5 Å². The number of aromatic nitrogens is 2. The summed E-state index contributed by atoms with van der Waals surface area (Å²) in [7, 11) is -1.22. The molecule has 1 unspecified atom stereocenters. The zero-order valence-corrected chi connectivity index (χ0v) is 16.3. The normalized spacial score (nSPS) is 19.0. The quantitative estimate of drug-likeness (QED) is 0.728. The summed E-state index contributed by atoms with van der Waals surface area (Å²) in [5.74, 6) is 0.635. The summed E-state index contributed by atoms with van der Waals surface area (Å²) in [5, 5.41) is 0. The van der Waals surface area contributed by atoms with Gasteiger partial charge in [0.2, 0.25) is 5.95 Å². The van der Waals surface area contributed by atoms with E-state index < -0.39 is 9.84 Å². The molecule has 1 aromatic heterocycles. The molecule has 7 nitrogen and oxygen atoms in total. The third-order valence-electron chi connectivity index (χ3n) is 4.50. The largest absolute Gasteiger partial charge is 0.340 e. The lowest BCUT2D eigenvalue weighted by Crippen LogP contribution is -2.38. The van der Waals surface area contributed by atoms with E-state index >= 15 is 0 Å². The molecule has 140 valence electrons. The van der Waals surface area contributed by atoms with Crippen LogP contribution in [0.4, 0.5) is 5.95 Å². The first kappa shape index (κ1) is 19.6. The Hall–Kier alpha value is -1.70. The Bertz CT molecular complexity index is 721. The Kier molecular flexibility index (Phi) is 6.37. The highest BCUT2D eigenvalue weighted by Gasteiger charge is 2.33. The molecule has 0 spiro atoms. The minimum atomic E-state index is -2.99. The Morgan fingerprint density at radius 2 is 2.04 bits per heavy atom. The SMILES string of the molecule is CCCCN(C)C(=O)c1cc(C)nc(N(CC)C2CCS(=O)(=O)C2)n1. The van der Waals surface area contributed by atoms with Gasteiger partial charge in [-0.15, -0.1) is 0 Å². The van der Waals surface area contributed by atoms with Gasteiger partial charge < -0.3 is 9.80 Å². The lowest BCUT2D eigenvalue weighted by Gasteiger charge is -2.27. The molecule has 0 bridgehead atoms. The molecule has 0 saturated carbocycles. The Morgan fingerprint density at radius 1 is 1.32 bits per heavy atom. The third-order valence-corrected chi connectivity index (χ3v) is 6.25. The number of anilines is 1. The van der Waals surface area contributed by atoms with Gasteiger partial charge >= 0.3 is 0 Å². The monoisotopic (exact) mass is 368 g/mol. The molecule has 0 aliphatic carbocycles. The molecule has 1 aliphatic heterocycles. The maximum absolute atomic E-state index is 12.6. The average Bonchev–Trinajstić information content (AvgIpc) is 2.91. The number of carbonyl (C=O) groups excluding carboxylic acids is 1. The lowest BCUT2D eigenvalue weighted by atomic mass is 10.2. The van der Waals surface area contributed by atoms with Gasteiger partial charge in [0.15, 0.2) is 9.84 Å². The maximum Gasteiger partial charge on any atom is 0.272 e. The van der Waals surface area contributed by atoms with Crippen LogP contribution in [0.2, 0.25) is 0 Å².